The molecule has 0 amide bonds. The van der Waals surface area contributed by atoms with Gasteiger partial charge in [0.25, 0.3) is 0 Å². The van der Waals surface area contributed by atoms with E-state index in [9.17, 15) is 0 Å². The van der Waals surface area contributed by atoms with Crippen molar-refractivity contribution < 1.29 is 0 Å². The molecular weight excluding hydrogens is 200 g/mol. The van der Waals surface area contributed by atoms with Crippen LogP contribution in [0.1, 0.15) is 19.7 Å². The molecule has 4 nitrogen and oxygen atoms in total. The van der Waals surface area contributed by atoms with E-state index in [2.05, 4.69) is 15.0 Å². The van der Waals surface area contributed by atoms with Gasteiger partial charge in [0.2, 0.25) is 0 Å². The van der Waals surface area contributed by atoms with E-state index >= 15 is 0 Å². The third kappa shape index (κ3) is 1.97. The quantitative estimate of drug-likeness (QED) is 0.820. The Morgan fingerprint density at radius 2 is 2.19 bits per heavy atom. The molecule has 0 aliphatic heterocycles. The van der Waals surface area contributed by atoms with Crippen molar-refractivity contribution in [3.8, 4) is 11.4 Å². The number of H-pyrrole nitrogens is 1. The summed E-state index contributed by atoms with van der Waals surface area (Å²) < 4.78 is 0. The summed E-state index contributed by atoms with van der Waals surface area (Å²) in [5.74, 6) is 0.780. The van der Waals surface area contributed by atoms with Crippen molar-refractivity contribution in [1.29, 1.82) is 0 Å². The molecule has 0 aliphatic rings. The molecule has 0 saturated carbocycles. The van der Waals surface area contributed by atoms with Gasteiger partial charge in [-0.25, -0.2) is 9.97 Å². The minimum atomic E-state index is -0.192. The molecule has 3 N–H and O–H groups in total. The van der Waals surface area contributed by atoms with Crippen LogP contribution in [-0.2, 0) is 5.41 Å². The first-order valence-electron chi connectivity index (χ1n) is 5.31. The van der Waals surface area contributed by atoms with E-state index in [0.29, 0.717) is 6.54 Å². The van der Waals surface area contributed by atoms with E-state index < -0.39 is 0 Å². The first-order chi connectivity index (χ1) is 7.63. The lowest BCUT2D eigenvalue weighted by atomic mass is 9.92. The van der Waals surface area contributed by atoms with Crippen molar-refractivity contribution in [2.45, 2.75) is 19.3 Å². The smallest absolute Gasteiger partial charge is 0.135 e. The molecule has 0 fully saturated rings. The number of hydrogen-bond donors (Lipinski definition) is 2. The molecule has 0 atom stereocenters. The molecule has 0 unspecified atom stereocenters. The zero-order chi connectivity index (χ0) is 11.6. The third-order valence-corrected chi connectivity index (χ3v) is 2.65. The van der Waals surface area contributed by atoms with Gasteiger partial charge in [0.15, 0.2) is 0 Å². The Labute approximate surface area is 94.9 Å². The summed E-state index contributed by atoms with van der Waals surface area (Å²) in [7, 11) is 0. The minimum Gasteiger partial charge on any atom is -0.360 e. The van der Waals surface area contributed by atoms with E-state index in [1.165, 1.54) is 0 Å². The Morgan fingerprint density at radius 3 is 2.81 bits per heavy atom. The lowest BCUT2D eigenvalue weighted by Crippen LogP contribution is -2.30. The van der Waals surface area contributed by atoms with Crippen molar-refractivity contribution in [2.24, 2.45) is 5.73 Å². The van der Waals surface area contributed by atoms with E-state index in [-0.39, 0.29) is 5.41 Å². The van der Waals surface area contributed by atoms with Gasteiger partial charge in [0.05, 0.1) is 11.4 Å². The van der Waals surface area contributed by atoms with Gasteiger partial charge in [0.1, 0.15) is 5.82 Å². The second-order valence-corrected chi connectivity index (χ2v) is 4.44. The Morgan fingerprint density at radius 1 is 1.38 bits per heavy atom. The largest absolute Gasteiger partial charge is 0.360 e. The topological polar surface area (TPSA) is 67.6 Å². The van der Waals surface area contributed by atoms with Crippen LogP contribution in [0.25, 0.3) is 11.4 Å². The Balaban J connectivity index is 2.41. The van der Waals surface area contributed by atoms with Crippen LogP contribution in [0.15, 0.2) is 30.6 Å². The van der Waals surface area contributed by atoms with E-state index in [0.717, 1.165) is 17.2 Å². The summed E-state index contributed by atoms with van der Waals surface area (Å²) in [6.45, 7) is 4.61. The number of nitrogens with one attached hydrogen (secondary N) is 1. The normalized spacial score (nSPS) is 11.7. The maximum atomic E-state index is 5.72. The van der Waals surface area contributed by atoms with Gasteiger partial charge in [-0.3, -0.25) is 0 Å². The van der Waals surface area contributed by atoms with Gasteiger partial charge in [-0.15, -0.1) is 0 Å². The summed E-state index contributed by atoms with van der Waals surface area (Å²) in [5.41, 5.74) is 7.42. The van der Waals surface area contributed by atoms with Crippen LogP contribution in [0.3, 0.4) is 0 Å². The molecule has 4 heteroatoms. The fourth-order valence-corrected chi connectivity index (χ4v) is 1.42. The number of rotatable bonds is 3. The summed E-state index contributed by atoms with van der Waals surface area (Å²) in [6, 6.07) is 5.83. The maximum Gasteiger partial charge on any atom is 0.135 e. The third-order valence-electron chi connectivity index (χ3n) is 2.65. The highest BCUT2D eigenvalue weighted by Gasteiger charge is 2.22. The van der Waals surface area contributed by atoms with Crippen LogP contribution in [0.5, 0.6) is 0 Å². The average Bonchev–Trinajstić information content (AvgIpc) is 2.83. The van der Waals surface area contributed by atoms with Crippen molar-refractivity contribution in [3.63, 3.8) is 0 Å². The molecule has 0 aromatic carbocycles. The van der Waals surface area contributed by atoms with Gasteiger partial charge < -0.3 is 10.7 Å². The first-order valence-corrected chi connectivity index (χ1v) is 5.31. The summed E-state index contributed by atoms with van der Waals surface area (Å²) >= 11 is 0. The van der Waals surface area contributed by atoms with Crippen LogP contribution < -0.4 is 5.73 Å². The van der Waals surface area contributed by atoms with Gasteiger partial charge in [-0.2, -0.15) is 0 Å². The van der Waals surface area contributed by atoms with Crippen molar-refractivity contribution in [2.75, 3.05) is 6.54 Å². The average molecular weight is 216 g/mol. The van der Waals surface area contributed by atoms with Crippen LogP contribution in [-0.4, -0.2) is 21.5 Å². The fourth-order valence-electron chi connectivity index (χ4n) is 1.42. The Hall–Kier alpha value is -1.68. The number of aromatic nitrogens is 3. The summed E-state index contributed by atoms with van der Waals surface area (Å²) in [4.78, 5) is 12.0. The molecule has 0 bridgehead atoms. The second kappa shape index (κ2) is 4.06. The zero-order valence-electron chi connectivity index (χ0n) is 9.57. The predicted octanol–water partition coefficient (Wildman–Crippen LogP) is 1.71. The van der Waals surface area contributed by atoms with Crippen molar-refractivity contribution in [1.82, 2.24) is 15.0 Å². The van der Waals surface area contributed by atoms with Crippen LogP contribution >= 0.6 is 0 Å². The minimum absolute atomic E-state index is 0.192. The standard InChI is InChI=1S/C12H16N4/c1-12(2,8-13)11-15-7-5-10(16-11)9-4-3-6-14-9/h3-7,14H,8,13H2,1-2H3. The number of aromatic amines is 1. The predicted molar refractivity (Wildman–Crippen MR) is 63.9 cm³/mol. The van der Waals surface area contributed by atoms with Crippen LogP contribution in [0.4, 0.5) is 0 Å². The van der Waals surface area contributed by atoms with Crippen LogP contribution in [0.2, 0.25) is 0 Å². The first kappa shape index (κ1) is 10.8. The molecule has 0 aliphatic carbocycles. The van der Waals surface area contributed by atoms with E-state index in [1.54, 1.807) is 6.20 Å². The molecule has 2 heterocycles. The number of nitrogens with two attached hydrogens (primary N) is 1. The monoisotopic (exact) mass is 216 g/mol. The Kier molecular flexibility index (Phi) is 2.75. The molecule has 2 aromatic rings. The zero-order valence-corrected chi connectivity index (χ0v) is 9.57. The lowest BCUT2D eigenvalue weighted by molar-refractivity contribution is 0.502. The molecule has 0 spiro atoms. The summed E-state index contributed by atoms with van der Waals surface area (Å²) in [5, 5.41) is 0. The van der Waals surface area contributed by atoms with Crippen LogP contribution in [0, 0.1) is 0 Å². The molecule has 0 radical (unpaired) electrons. The second-order valence-electron chi connectivity index (χ2n) is 4.44. The fraction of sp³-hybridized carbons (Fsp3) is 0.333. The maximum absolute atomic E-state index is 5.72. The molecule has 2 rings (SSSR count). The number of nitrogens with zero attached hydrogens (tertiary/aromatic N) is 2. The van der Waals surface area contributed by atoms with E-state index in [4.69, 9.17) is 5.73 Å². The van der Waals surface area contributed by atoms with Gasteiger partial charge >= 0.3 is 0 Å². The van der Waals surface area contributed by atoms with E-state index in [1.807, 2.05) is 38.2 Å². The highest BCUT2D eigenvalue weighted by Crippen LogP contribution is 2.20. The number of hydrogen-bond acceptors (Lipinski definition) is 3. The molecule has 84 valence electrons. The van der Waals surface area contributed by atoms with Gasteiger partial charge in [-0.05, 0) is 18.2 Å². The Bertz CT molecular complexity index is 460. The highest BCUT2D eigenvalue weighted by atomic mass is 14.9. The SMILES string of the molecule is CC(C)(CN)c1nccc(-c2ccc[nH]2)n1. The molecule has 16 heavy (non-hydrogen) atoms. The highest BCUT2D eigenvalue weighted by molar-refractivity contribution is 5.53. The molecule has 2 aromatic heterocycles. The van der Waals surface area contributed by atoms with Crippen molar-refractivity contribution in [3.05, 3.63) is 36.4 Å². The van der Waals surface area contributed by atoms with Gasteiger partial charge in [0, 0.05) is 24.4 Å². The molecular formula is C12H16N4. The van der Waals surface area contributed by atoms with Gasteiger partial charge in [-0.1, -0.05) is 13.8 Å². The van der Waals surface area contributed by atoms with Crippen molar-refractivity contribution >= 4 is 0 Å². The lowest BCUT2D eigenvalue weighted by Gasteiger charge is -2.20. The molecule has 0 saturated heterocycles. The summed E-state index contributed by atoms with van der Waals surface area (Å²) in [6.07, 6.45) is 3.65.